The molecule has 3 fully saturated rings. The molecule has 3 aliphatic rings. The van der Waals surface area contributed by atoms with Gasteiger partial charge in [0, 0.05) is 30.5 Å². The van der Waals surface area contributed by atoms with E-state index in [0.29, 0.717) is 12.1 Å². The first-order valence-corrected chi connectivity index (χ1v) is 9.38. The maximum Gasteiger partial charge on any atom is 0.226 e. The molecule has 1 saturated carbocycles. The number of benzene rings is 1. The average Bonchev–Trinajstić information content (AvgIpc) is 3.34. The molecule has 0 aromatic heterocycles. The molecule has 2 saturated heterocycles. The molecule has 0 bridgehead atoms. The van der Waals surface area contributed by atoms with Crippen LogP contribution in [-0.2, 0) is 4.79 Å². The van der Waals surface area contributed by atoms with Gasteiger partial charge in [-0.15, -0.1) is 0 Å². The third kappa shape index (κ3) is 3.22. The number of halogens is 1. The number of nitrogens with zero attached hydrogens (tertiary/aromatic N) is 1. The van der Waals surface area contributed by atoms with Crippen LogP contribution in [0.4, 0.5) is 4.39 Å². The van der Waals surface area contributed by atoms with Crippen LogP contribution in [0.15, 0.2) is 24.3 Å². The van der Waals surface area contributed by atoms with Gasteiger partial charge in [-0.2, -0.15) is 0 Å². The van der Waals surface area contributed by atoms with Crippen LogP contribution in [0.5, 0.6) is 0 Å². The molecule has 2 heterocycles. The van der Waals surface area contributed by atoms with Gasteiger partial charge in [0.1, 0.15) is 5.82 Å². The van der Waals surface area contributed by atoms with Gasteiger partial charge in [0.05, 0.1) is 0 Å². The van der Waals surface area contributed by atoms with Crippen LogP contribution in [0.25, 0.3) is 0 Å². The Balaban J connectivity index is 1.40. The molecule has 1 aliphatic carbocycles. The second kappa shape index (κ2) is 6.52. The summed E-state index contributed by atoms with van der Waals surface area (Å²) in [6, 6.07) is 5.74. The van der Waals surface area contributed by atoms with Crippen molar-refractivity contribution in [3.63, 3.8) is 0 Å². The summed E-state index contributed by atoms with van der Waals surface area (Å²) in [6.07, 6.45) is 4.87. The molecule has 1 aromatic rings. The predicted octanol–water partition coefficient (Wildman–Crippen LogP) is 2.64. The lowest BCUT2D eigenvalue weighted by molar-refractivity contribution is -0.135. The second-order valence-electron chi connectivity index (χ2n) is 7.86. The summed E-state index contributed by atoms with van der Waals surface area (Å²) < 4.78 is 13.1. The number of hydrogen-bond donors (Lipinski definition) is 1. The first kappa shape index (κ1) is 16.7. The SMILES string of the molecule is O=C(c1ccc(F)cc1)C1CCCN(C(=O)C2CC23CCNCC3)C1. The van der Waals surface area contributed by atoms with E-state index < -0.39 is 0 Å². The van der Waals surface area contributed by atoms with Crippen molar-refractivity contribution in [1.29, 1.82) is 0 Å². The number of amides is 1. The maximum absolute atomic E-state index is 13.1. The zero-order chi connectivity index (χ0) is 17.4. The summed E-state index contributed by atoms with van der Waals surface area (Å²) in [5, 5.41) is 3.37. The molecule has 0 radical (unpaired) electrons. The molecular weight excluding hydrogens is 319 g/mol. The van der Waals surface area contributed by atoms with Crippen LogP contribution in [0.3, 0.4) is 0 Å². The summed E-state index contributed by atoms with van der Waals surface area (Å²) in [5.74, 6) is -0.0541. The Morgan fingerprint density at radius 2 is 1.88 bits per heavy atom. The fourth-order valence-corrected chi connectivity index (χ4v) is 4.64. The van der Waals surface area contributed by atoms with Gasteiger partial charge in [-0.3, -0.25) is 9.59 Å². The Kier molecular flexibility index (Phi) is 4.36. The average molecular weight is 344 g/mol. The van der Waals surface area contributed by atoms with E-state index in [1.54, 1.807) is 12.1 Å². The Morgan fingerprint density at radius 1 is 1.16 bits per heavy atom. The van der Waals surface area contributed by atoms with Crippen molar-refractivity contribution in [3.8, 4) is 0 Å². The van der Waals surface area contributed by atoms with E-state index in [1.807, 2.05) is 4.90 Å². The normalized spacial score (nSPS) is 28.0. The van der Waals surface area contributed by atoms with Gasteiger partial charge >= 0.3 is 0 Å². The van der Waals surface area contributed by atoms with E-state index >= 15 is 0 Å². The lowest BCUT2D eigenvalue weighted by atomic mass is 9.88. The smallest absolute Gasteiger partial charge is 0.226 e. The third-order valence-corrected chi connectivity index (χ3v) is 6.32. The van der Waals surface area contributed by atoms with Crippen LogP contribution in [0.2, 0.25) is 0 Å². The first-order chi connectivity index (χ1) is 12.1. The fourth-order valence-electron chi connectivity index (χ4n) is 4.64. The van der Waals surface area contributed by atoms with Gasteiger partial charge in [0.15, 0.2) is 5.78 Å². The minimum atomic E-state index is -0.335. The number of Topliss-reactive ketones (excluding diaryl/α,β-unsaturated/α-hetero) is 1. The lowest BCUT2D eigenvalue weighted by Gasteiger charge is -2.33. The highest BCUT2D eigenvalue weighted by atomic mass is 19.1. The number of hydrogen-bond acceptors (Lipinski definition) is 3. The summed E-state index contributed by atoms with van der Waals surface area (Å²) >= 11 is 0. The van der Waals surface area contributed by atoms with Gasteiger partial charge in [-0.25, -0.2) is 4.39 Å². The highest BCUT2D eigenvalue weighted by Gasteiger charge is 2.58. The van der Waals surface area contributed by atoms with Crippen LogP contribution in [0, 0.1) is 23.1 Å². The van der Waals surface area contributed by atoms with Crippen molar-refractivity contribution in [2.45, 2.75) is 32.1 Å². The fraction of sp³-hybridized carbons (Fsp3) is 0.600. The zero-order valence-electron chi connectivity index (χ0n) is 14.5. The van der Waals surface area contributed by atoms with E-state index in [9.17, 15) is 14.0 Å². The third-order valence-electron chi connectivity index (χ3n) is 6.32. The number of ketones is 1. The summed E-state index contributed by atoms with van der Waals surface area (Å²) in [4.78, 5) is 27.5. The summed E-state index contributed by atoms with van der Waals surface area (Å²) in [6.45, 7) is 3.29. The van der Waals surface area contributed by atoms with E-state index in [-0.39, 0.29) is 34.8 Å². The second-order valence-corrected chi connectivity index (χ2v) is 7.86. The first-order valence-electron chi connectivity index (χ1n) is 9.38. The van der Waals surface area contributed by atoms with Crippen molar-refractivity contribution in [2.75, 3.05) is 26.2 Å². The quantitative estimate of drug-likeness (QED) is 0.858. The Bertz CT molecular complexity index is 667. The molecule has 2 aliphatic heterocycles. The number of nitrogens with one attached hydrogen (secondary N) is 1. The van der Waals surface area contributed by atoms with E-state index in [1.165, 1.54) is 12.1 Å². The van der Waals surface area contributed by atoms with Crippen molar-refractivity contribution in [1.82, 2.24) is 10.2 Å². The van der Waals surface area contributed by atoms with Gasteiger partial charge < -0.3 is 10.2 Å². The van der Waals surface area contributed by atoms with Gasteiger partial charge in [0.25, 0.3) is 0 Å². The molecule has 4 nitrogen and oxygen atoms in total. The molecule has 2 atom stereocenters. The van der Waals surface area contributed by atoms with Crippen molar-refractivity contribution < 1.29 is 14.0 Å². The molecule has 134 valence electrons. The molecule has 2 unspecified atom stereocenters. The van der Waals surface area contributed by atoms with E-state index in [0.717, 1.165) is 51.7 Å². The number of rotatable bonds is 3. The molecule has 1 aromatic carbocycles. The maximum atomic E-state index is 13.1. The monoisotopic (exact) mass is 344 g/mol. The van der Waals surface area contributed by atoms with Crippen LogP contribution < -0.4 is 5.32 Å². The predicted molar refractivity (Wildman–Crippen MR) is 92.7 cm³/mol. The lowest BCUT2D eigenvalue weighted by Crippen LogP contribution is -2.44. The van der Waals surface area contributed by atoms with Gasteiger partial charge in [-0.1, -0.05) is 0 Å². The van der Waals surface area contributed by atoms with Gasteiger partial charge in [0.2, 0.25) is 5.91 Å². The van der Waals surface area contributed by atoms with Crippen LogP contribution >= 0.6 is 0 Å². The minimum Gasteiger partial charge on any atom is -0.342 e. The summed E-state index contributed by atoms with van der Waals surface area (Å²) in [5.41, 5.74) is 0.776. The van der Waals surface area contributed by atoms with Crippen molar-refractivity contribution in [3.05, 3.63) is 35.6 Å². The molecule has 4 rings (SSSR count). The number of carbonyl (C=O) groups is 2. The molecular formula is C20H25FN2O2. The number of likely N-dealkylation sites (tertiary alicyclic amines) is 1. The topological polar surface area (TPSA) is 49.4 Å². The highest BCUT2D eigenvalue weighted by molar-refractivity contribution is 5.98. The minimum absolute atomic E-state index is 0.0323. The largest absolute Gasteiger partial charge is 0.342 e. The molecule has 25 heavy (non-hydrogen) atoms. The van der Waals surface area contributed by atoms with Crippen LogP contribution in [0.1, 0.15) is 42.5 Å². The zero-order valence-corrected chi connectivity index (χ0v) is 14.5. The Morgan fingerprint density at radius 3 is 2.60 bits per heavy atom. The van der Waals surface area contributed by atoms with Crippen molar-refractivity contribution in [2.24, 2.45) is 17.3 Å². The molecule has 1 N–H and O–H groups in total. The number of carbonyl (C=O) groups excluding carboxylic acids is 2. The molecule has 1 amide bonds. The Labute approximate surface area is 147 Å². The standard InChI is InChI=1S/C20H25FN2O2/c21-16-5-3-14(4-6-16)18(24)15-2-1-11-23(13-15)19(25)17-12-20(17)7-9-22-10-8-20/h3-6,15,17,22H,1-2,7-13H2. The van der Waals surface area contributed by atoms with E-state index in [4.69, 9.17) is 0 Å². The van der Waals surface area contributed by atoms with Gasteiger partial charge in [-0.05, 0) is 74.9 Å². The molecule has 1 spiro atoms. The van der Waals surface area contributed by atoms with E-state index in [2.05, 4.69) is 5.32 Å². The van der Waals surface area contributed by atoms with Crippen LogP contribution in [-0.4, -0.2) is 42.8 Å². The number of piperidine rings is 2. The summed E-state index contributed by atoms with van der Waals surface area (Å²) in [7, 11) is 0. The molecule has 5 heteroatoms. The Hall–Kier alpha value is -1.75. The highest BCUT2D eigenvalue weighted by Crippen LogP contribution is 2.59. The van der Waals surface area contributed by atoms with Crippen molar-refractivity contribution >= 4 is 11.7 Å².